The van der Waals surface area contributed by atoms with E-state index in [1.165, 1.54) is 0 Å². The van der Waals surface area contributed by atoms with Crippen LogP contribution in [0.2, 0.25) is 0 Å². The molecule has 7 heteroatoms. The Balaban J connectivity index is 1.49. The first-order valence-electron chi connectivity index (χ1n) is 8.31. The average molecular weight is 354 g/mol. The molecule has 26 heavy (non-hydrogen) atoms. The number of benzene rings is 2. The molecule has 0 saturated heterocycles. The van der Waals surface area contributed by atoms with Crippen molar-refractivity contribution in [1.82, 2.24) is 4.90 Å². The summed E-state index contributed by atoms with van der Waals surface area (Å²) < 4.78 is 16.4. The first-order chi connectivity index (χ1) is 12.6. The highest BCUT2D eigenvalue weighted by atomic mass is 16.6. The monoisotopic (exact) mass is 354 g/mol. The van der Waals surface area contributed by atoms with Crippen LogP contribution in [0.5, 0.6) is 17.2 Å². The molecule has 2 aliphatic rings. The molecular weight excluding hydrogens is 336 g/mol. The molecule has 2 aromatic carbocycles. The van der Waals surface area contributed by atoms with Crippen LogP contribution >= 0.6 is 0 Å². The fourth-order valence-electron chi connectivity index (χ4n) is 2.97. The molecule has 2 amide bonds. The van der Waals surface area contributed by atoms with E-state index in [-0.39, 0.29) is 18.4 Å². The number of rotatable bonds is 3. The molecule has 4 rings (SSSR count). The van der Waals surface area contributed by atoms with Gasteiger partial charge in [-0.05, 0) is 35.9 Å². The molecule has 2 heterocycles. The van der Waals surface area contributed by atoms with Crippen molar-refractivity contribution in [2.24, 2.45) is 0 Å². The summed E-state index contributed by atoms with van der Waals surface area (Å²) in [6.07, 6.45) is 0. The summed E-state index contributed by atoms with van der Waals surface area (Å²) in [6.45, 7) is 1.48. The van der Waals surface area contributed by atoms with Gasteiger partial charge < -0.3 is 24.4 Å². The summed E-state index contributed by atoms with van der Waals surface area (Å²) in [4.78, 5) is 25.8. The third-order valence-electron chi connectivity index (χ3n) is 4.23. The van der Waals surface area contributed by atoms with Crippen molar-refractivity contribution < 1.29 is 23.8 Å². The number of ether oxygens (including phenoxy) is 3. The van der Waals surface area contributed by atoms with Crippen molar-refractivity contribution in [3.63, 3.8) is 0 Å². The molecule has 2 aliphatic heterocycles. The minimum absolute atomic E-state index is 0.00961. The number of amides is 2. The number of hydrogen-bond donors (Lipinski definition) is 1. The van der Waals surface area contributed by atoms with E-state index in [9.17, 15) is 9.59 Å². The molecule has 7 nitrogen and oxygen atoms in total. The van der Waals surface area contributed by atoms with Gasteiger partial charge in [0, 0.05) is 19.2 Å². The van der Waals surface area contributed by atoms with Crippen LogP contribution in [0, 0.1) is 0 Å². The number of carbonyl (C=O) groups excluding carboxylic acids is 2. The lowest BCUT2D eigenvalue weighted by atomic mass is 10.1. The lowest BCUT2D eigenvalue weighted by molar-refractivity contribution is -0.118. The first-order valence-corrected chi connectivity index (χ1v) is 8.31. The van der Waals surface area contributed by atoms with Crippen molar-refractivity contribution in [2.45, 2.75) is 6.54 Å². The smallest absolute Gasteiger partial charge is 0.262 e. The number of carbonyl (C=O) groups is 2. The van der Waals surface area contributed by atoms with Gasteiger partial charge in [-0.3, -0.25) is 9.59 Å². The van der Waals surface area contributed by atoms with Crippen molar-refractivity contribution in [3.05, 3.63) is 47.5 Å². The van der Waals surface area contributed by atoms with E-state index in [0.717, 1.165) is 11.3 Å². The Kier molecular flexibility index (Phi) is 4.12. The second-order valence-corrected chi connectivity index (χ2v) is 6.19. The third-order valence-corrected chi connectivity index (χ3v) is 4.23. The van der Waals surface area contributed by atoms with Gasteiger partial charge in [0.15, 0.2) is 18.1 Å². The maximum Gasteiger partial charge on any atom is 0.262 e. The van der Waals surface area contributed by atoms with Crippen molar-refractivity contribution in [2.75, 3.05) is 32.2 Å². The molecule has 1 N–H and O–H groups in total. The predicted octanol–water partition coefficient (Wildman–Crippen LogP) is 2.06. The number of nitrogens with zero attached hydrogens (tertiary/aromatic N) is 1. The van der Waals surface area contributed by atoms with E-state index in [1.54, 1.807) is 30.1 Å². The van der Waals surface area contributed by atoms with Gasteiger partial charge in [-0.25, -0.2) is 0 Å². The van der Waals surface area contributed by atoms with Gasteiger partial charge in [0.2, 0.25) is 0 Å². The topological polar surface area (TPSA) is 77.1 Å². The minimum atomic E-state index is -0.230. The SMILES string of the molecule is CN(Cc1ccc2c(c1)OCCO2)C(=O)c1ccc2c(c1)NC(=O)CO2. The van der Waals surface area contributed by atoms with Crippen LogP contribution in [0.4, 0.5) is 5.69 Å². The van der Waals surface area contributed by atoms with Crippen LogP contribution in [0.1, 0.15) is 15.9 Å². The molecule has 2 aromatic rings. The first kappa shape index (κ1) is 16.3. The molecule has 0 aliphatic carbocycles. The molecule has 0 spiro atoms. The van der Waals surface area contributed by atoms with Crippen LogP contribution in [-0.4, -0.2) is 43.6 Å². The summed E-state index contributed by atoms with van der Waals surface area (Å²) in [7, 11) is 1.73. The predicted molar refractivity (Wildman–Crippen MR) is 93.8 cm³/mol. The minimum Gasteiger partial charge on any atom is -0.486 e. The molecule has 0 radical (unpaired) electrons. The zero-order valence-electron chi connectivity index (χ0n) is 14.3. The molecule has 0 atom stereocenters. The molecule has 0 saturated carbocycles. The van der Waals surface area contributed by atoms with E-state index in [4.69, 9.17) is 14.2 Å². The second kappa shape index (κ2) is 6.59. The summed E-state index contributed by atoms with van der Waals surface area (Å²) in [5.74, 6) is 1.60. The van der Waals surface area contributed by atoms with E-state index >= 15 is 0 Å². The Hall–Kier alpha value is -3.22. The quantitative estimate of drug-likeness (QED) is 0.913. The van der Waals surface area contributed by atoms with Gasteiger partial charge in [-0.2, -0.15) is 0 Å². The zero-order valence-corrected chi connectivity index (χ0v) is 14.3. The summed E-state index contributed by atoms with van der Waals surface area (Å²) in [5.41, 5.74) is 1.94. The fourth-order valence-corrected chi connectivity index (χ4v) is 2.97. The molecule has 0 aromatic heterocycles. The summed E-state index contributed by atoms with van der Waals surface area (Å²) in [6, 6.07) is 10.7. The maximum atomic E-state index is 12.7. The molecule has 0 unspecified atom stereocenters. The van der Waals surface area contributed by atoms with E-state index in [1.807, 2.05) is 18.2 Å². The normalized spacial score (nSPS) is 14.7. The number of fused-ring (bicyclic) bond motifs is 2. The molecule has 0 bridgehead atoms. The van der Waals surface area contributed by atoms with Gasteiger partial charge in [0.05, 0.1) is 5.69 Å². The van der Waals surface area contributed by atoms with Crippen molar-refractivity contribution in [1.29, 1.82) is 0 Å². The van der Waals surface area contributed by atoms with Crippen LogP contribution in [-0.2, 0) is 11.3 Å². The lowest BCUT2D eigenvalue weighted by Gasteiger charge is -2.22. The van der Waals surface area contributed by atoms with Gasteiger partial charge >= 0.3 is 0 Å². The Bertz CT molecular complexity index is 880. The zero-order chi connectivity index (χ0) is 18.1. The van der Waals surface area contributed by atoms with Gasteiger partial charge in [-0.15, -0.1) is 0 Å². The maximum absolute atomic E-state index is 12.7. The van der Waals surface area contributed by atoms with E-state index in [0.29, 0.717) is 42.5 Å². The Labute approximate surface area is 150 Å². The van der Waals surface area contributed by atoms with Crippen molar-refractivity contribution in [3.8, 4) is 17.2 Å². The Morgan fingerprint density at radius 2 is 1.81 bits per heavy atom. The molecular formula is C19H18N2O5. The number of hydrogen-bond acceptors (Lipinski definition) is 5. The summed E-state index contributed by atoms with van der Waals surface area (Å²) >= 11 is 0. The number of nitrogens with one attached hydrogen (secondary N) is 1. The standard InChI is InChI=1S/C19H18N2O5/c1-21(10-12-2-4-16-17(8-12)25-7-6-24-16)19(23)13-3-5-15-14(9-13)20-18(22)11-26-15/h2-5,8-9H,6-7,10-11H2,1H3,(H,20,22). The highest BCUT2D eigenvalue weighted by Crippen LogP contribution is 2.32. The second-order valence-electron chi connectivity index (χ2n) is 6.19. The molecule has 0 fully saturated rings. The highest BCUT2D eigenvalue weighted by Gasteiger charge is 2.20. The summed E-state index contributed by atoms with van der Waals surface area (Å²) in [5, 5.41) is 2.71. The third kappa shape index (κ3) is 3.15. The molecule has 134 valence electrons. The lowest BCUT2D eigenvalue weighted by Crippen LogP contribution is -2.28. The van der Waals surface area contributed by atoms with Crippen LogP contribution in [0.25, 0.3) is 0 Å². The highest BCUT2D eigenvalue weighted by molar-refractivity contribution is 5.99. The van der Waals surface area contributed by atoms with Crippen molar-refractivity contribution >= 4 is 17.5 Å². The van der Waals surface area contributed by atoms with Crippen LogP contribution in [0.15, 0.2) is 36.4 Å². The Morgan fingerprint density at radius 1 is 1.04 bits per heavy atom. The average Bonchev–Trinajstić information content (AvgIpc) is 2.66. The van der Waals surface area contributed by atoms with E-state index in [2.05, 4.69) is 5.32 Å². The van der Waals surface area contributed by atoms with Gasteiger partial charge in [-0.1, -0.05) is 6.07 Å². The fraction of sp³-hybridized carbons (Fsp3) is 0.263. The van der Waals surface area contributed by atoms with Gasteiger partial charge in [0.1, 0.15) is 19.0 Å². The largest absolute Gasteiger partial charge is 0.486 e. The Morgan fingerprint density at radius 3 is 2.65 bits per heavy atom. The van der Waals surface area contributed by atoms with Gasteiger partial charge in [0.25, 0.3) is 11.8 Å². The van der Waals surface area contributed by atoms with Crippen LogP contribution in [0.3, 0.4) is 0 Å². The van der Waals surface area contributed by atoms with E-state index < -0.39 is 0 Å². The number of anilines is 1. The van der Waals surface area contributed by atoms with Crippen LogP contribution < -0.4 is 19.5 Å².